The van der Waals surface area contributed by atoms with Crippen LogP contribution in [-0.2, 0) is 38.6 Å². The molecule has 0 radical (unpaired) electrons. The topological polar surface area (TPSA) is 166 Å². The van der Waals surface area contributed by atoms with Crippen LogP contribution in [-0.4, -0.2) is 87.3 Å². The molecule has 0 aliphatic carbocycles. The molecule has 1 unspecified atom stereocenters. The lowest BCUT2D eigenvalue weighted by atomic mass is 9.80. The lowest BCUT2D eigenvalue weighted by molar-refractivity contribution is -0.128. The summed E-state index contributed by atoms with van der Waals surface area (Å²) in [7, 11) is 1.94. The maximum atomic E-state index is 12.7. The molecule has 0 saturated heterocycles. The first kappa shape index (κ1) is 49.7. The highest BCUT2D eigenvalue weighted by Crippen LogP contribution is 2.46. The monoisotopic (exact) mass is 846 g/mol. The molecule has 0 heterocycles. The number of nitrogens with one attached hydrogen (secondary N) is 2. The van der Waals surface area contributed by atoms with Gasteiger partial charge < -0.3 is 33.9 Å². The summed E-state index contributed by atoms with van der Waals surface area (Å²) in [6, 6.07) is 27.7. The third kappa shape index (κ3) is 16.4. The van der Waals surface area contributed by atoms with Gasteiger partial charge in [-0.25, -0.2) is 4.67 Å². The zero-order chi connectivity index (χ0) is 43.8. The van der Waals surface area contributed by atoms with Crippen molar-refractivity contribution in [2.45, 2.75) is 103 Å². The molecule has 13 nitrogen and oxygen atoms in total. The fourth-order valence-corrected chi connectivity index (χ4v) is 8.25. The fraction of sp³-hybridized carbons (Fsp3) is 0.500. The van der Waals surface area contributed by atoms with Crippen molar-refractivity contribution in [2.24, 2.45) is 0 Å². The molecule has 3 aromatic carbocycles. The van der Waals surface area contributed by atoms with Crippen LogP contribution in [0, 0.1) is 11.3 Å². The Kier molecular flexibility index (Phi) is 22.5. The summed E-state index contributed by atoms with van der Waals surface area (Å²) < 4.78 is 31.7. The molecule has 2 amide bonds. The molecule has 1 atom stereocenters. The largest absolute Gasteiger partial charge is 0.497 e. The summed E-state index contributed by atoms with van der Waals surface area (Å²) in [5.41, 5.74) is 1.60. The summed E-state index contributed by atoms with van der Waals surface area (Å²) in [6.07, 6.45) is 2.91. The number of rotatable bonds is 30. The smallest absolute Gasteiger partial charge is 0.259 e. The van der Waals surface area contributed by atoms with Crippen molar-refractivity contribution >= 4 is 31.9 Å². The SMILES string of the molecule is COc1ccc(C(OCCNC(=O)CCC(=O)CNC(=O)CCC(=O)CCCCCOP(OCCC#N)N(C(C)C)C(C)C)(c2ccccc2)c2ccc(OC)cc2)cc1. The highest BCUT2D eigenvalue weighted by Gasteiger charge is 2.38. The van der Waals surface area contributed by atoms with Crippen molar-refractivity contribution in [3.63, 3.8) is 0 Å². The quantitative estimate of drug-likeness (QED) is 0.0382. The Hall–Kier alpha value is -4.70. The average Bonchev–Trinajstić information content (AvgIpc) is 3.25. The molecule has 0 bridgehead atoms. The number of hydrogen-bond acceptors (Lipinski definition) is 11. The van der Waals surface area contributed by atoms with E-state index >= 15 is 0 Å². The number of carbonyl (C=O) groups excluding carboxylic acids is 4. The van der Waals surface area contributed by atoms with Gasteiger partial charge in [0.05, 0.1) is 53.1 Å². The Labute approximate surface area is 357 Å². The van der Waals surface area contributed by atoms with E-state index in [1.54, 1.807) is 14.2 Å². The van der Waals surface area contributed by atoms with Crippen LogP contribution in [0.25, 0.3) is 0 Å². The summed E-state index contributed by atoms with van der Waals surface area (Å²) in [4.78, 5) is 50.1. The standard InChI is InChI=1S/C46H63N4O9P/c1-35(2)50(36(3)4)60(59-32-13-29-47)58-31-12-8-11-16-40(51)21-27-45(54)49-34-41(52)22-28-44(53)48-30-33-57-46(37-14-9-7-10-15-37,38-17-23-42(55-5)24-18-38)39-19-25-43(56-6)26-20-39/h7,9-10,14-15,17-20,23-26,35-36H,8,11-13,16,21-22,27-28,30-34H2,1-6H3,(H,48,53)(H,49,54). The number of Topliss-reactive ketones (excluding diaryl/α,β-unsaturated/α-hetero) is 2. The van der Waals surface area contributed by atoms with Crippen molar-refractivity contribution in [2.75, 3.05) is 47.1 Å². The number of ketones is 2. The Bertz CT molecular complexity index is 1730. The van der Waals surface area contributed by atoms with E-state index in [1.807, 2.05) is 78.9 Å². The molecular formula is C46H63N4O9P. The van der Waals surface area contributed by atoms with Crippen LogP contribution in [0.4, 0.5) is 0 Å². The first-order chi connectivity index (χ1) is 28.9. The van der Waals surface area contributed by atoms with Gasteiger partial charge in [0.2, 0.25) is 11.8 Å². The molecule has 0 saturated carbocycles. The van der Waals surface area contributed by atoms with E-state index in [4.69, 9.17) is 28.5 Å². The number of unbranched alkanes of at least 4 members (excludes halogenated alkanes) is 2. The number of hydrogen-bond donors (Lipinski definition) is 2. The minimum absolute atomic E-state index is 0.00218. The average molecular weight is 847 g/mol. The van der Waals surface area contributed by atoms with Crippen LogP contribution in [0.1, 0.15) is 102 Å². The van der Waals surface area contributed by atoms with Crippen molar-refractivity contribution in [1.29, 1.82) is 5.26 Å². The maximum absolute atomic E-state index is 12.7. The van der Waals surface area contributed by atoms with E-state index in [0.29, 0.717) is 44.0 Å². The Balaban J connectivity index is 1.38. The molecule has 0 spiro atoms. The van der Waals surface area contributed by atoms with Crippen LogP contribution in [0.5, 0.6) is 11.5 Å². The van der Waals surface area contributed by atoms with E-state index in [2.05, 4.69) is 49.1 Å². The number of nitrogens with zero attached hydrogens (tertiary/aromatic N) is 2. The van der Waals surface area contributed by atoms with Crippen LogP contribution in [0.15, 0.2) is 78.9 Å². The zero-order valence-electron chi connectivity index (χ0n) is 36.1. The van der Waals surface area contributed by atoms with Crippen molar-refractivity contribution in [3.8, 4) is 17.6 Å². The highest BCUT2D eigenvalue weighted by molar-refractivity contribution is 7.44. The van der Waals surface area contributed by atoms with E-state index < -0.39 is 14.1 Å². The molecule has 0 aliphatic rings. The predicted molar refractivity (Wildman–Crippen MR) is 232 cm³/mol. The minimum atomic E-state index is -1.29. The first-order valence-corrected chi connectivity index (χ1v) is 21.8. The van der Waals surface area contributed by atoms with Crippen molar-refractivity contribution in [1.82, 2.24) is 15.3 Å². The minimum Gasteiger partial charge on any atom is -0.497 e. The number of nitriles is 1. The van der Waals surface area contributed by atoms with Gasteiger partial charge in [0.25, 0.3) is 8.53 Å². The van der Waals surface area contributed by atoms with E-state index in [1.165, 1.54) is 0 Å². The van der Waals surface area contributed by atoms with Crippen LogP contribution in [0.3, 0.4) is 0 Å². The normalized spacial score (nSPS) is 11.9. The molecule has 0 aliphatic heterocycles. The number of amides is 2. The number of ether oxygens (including phenoxy) is 3. The van der Waals surface area contributed by atoms with Crippen molar-refractivity contribution in [3.05, 3.63) is 95.6 Å². The number of benzene rings is 3. The van der Waals surface area contributed by atoms with Gasteiger partial charge in [-0.3, -0.25) is 19.2 Å². The summed E-state index contributed by atoms with van der Waals surface area (Å²) in [5, 5.41) is 14.3. The molecular weight excluding hydrogens is 783 g/mol. The van der Waals surface area contributed by atoms with E-state index in [0.717, 1.165) is 29.5 Å². The van der Waals surface area contributed by atoms with E-state index in [9.17, 15) is 19.2 Å². The van der Waals surface area contributed by atoms with Gasteiger partial charge in [-0.1, -0.05) is 61.0 Å². The van der Waals surface area contributed by atoms with Gasteiger partial charge in [0, 0.05) is 50.7 Å². The summed E-state index contributed by atoms with van der Waals surface area (Å²) >= 11 is 0. The molecule has 0 aromatic heterocycles. The third-order valence-corrected chi connectivity index (χ3v) is 11.7. The van der Waals surface area contributed by atoms with Crippen LogP contribution >= 0.6 is 8.53 Å². The second-order valence-electron chi connectivity index (χ2n) is 14.7. The molecule has 0 fully saturated rings. The zero-order valence-corrected chi connectivity index (χ0v) is 37.0. The first-order valence-electron chi connectivity index (χ1n) is 20.7. The molecule has 2 N–H and O–H groups in total. The molecule has 326 valence electrons. The van der Waals surface area contributed by atoms with Crippen LogP contribution in [0.2, 0.25) is 0 Å². The fourth-order valence-electron chi connectivity index (χ4n) is 6.62. The summed E-state index contributed by atoms with van der Waals surface area (Å²) in [5.74, 6) is 0.423. The highest BCUT2D eigenvalue weighted by atomic mass is 31.2. The van der Waals surface area contributed by atoms with Gasteiger partial charge in [-0.2, -0.15) is 5.26 Å². The number of carbonyl (C=O) groups is 4. The molecule has 60 heavy (non-hydrogen) atoms. The second-order valence-corrected chi connectivity index (χ2v) is 16.2. The van der Waals surface area contributed by atoms with Gasteiger partial charge in [0.15, 0.2) is 5.78 Å². The van der Waals surface area contributed by atoms with Gasteiger partial charge >= 0.3 is 0 Å². The van der Waals surface area contributed by atoms with Gasteiger partial charge in [-0.05, 0) is 81.5 Å². The number of methoxy groups -OCH3 is 2. The maximum Gasteiger partial charge on any atom is 0.259 e. The van der Waals surface area contributed by atoms with Gasteiger partial charge in [-0.15, -0.1) is 0 Å². The Morgan fingerprint density at radius 3 is 1.73 bits per heavy atom. The molecule has 14 heteroatoms. The van der Waals surface area contributed by atoms with Gasteiger partial charge in [0.1, 0.15) is 22.9 Å². The molecule has 3 rings (SSSR count). The molecule has 3 aromatic rings. The Morgan fingerprint density at radius 1 is 0.650 bits per heavy atom. The van der Waals surface area contributed by atoms with Crippen LogP contribution < -0.4 is 20.1 Å². The second kappa shape index (κ2) is 27.2. The predicted octanol–water partition coefficient (Wildman–Crippen LogP) is 7.80. The summed E-state index contributed by atoms with van der Waals surface area (Å²) in [6.45, 7) is 9.30. The lowest BCUT2D eigenvalue weighted by Crippen LogP contribution is -2.36. The van der Waals surface area contributed by atoms with Crippen molar-refractivity contribution < 1.29 is 42.4 Å². The van der Waals surface area contributed by atoms with E-state index in [-0.39, 0.29) is 80.8 Å². The third-order valence-electron chi connectivity index (χ3n) is 9.62. The lowest BCUT2D eigenvalue weighted by Gasteiger charge is -2.36. The Morgan fingerprint density at radius 2 is 1.18 bits per heavy atom.